The van der Waals surface area contributed by atoms with E-state index in [1.165, 1.54) is 12.1 Å². The Labute approximate surface area is 249 Å². The summed E-state index contributed by atoms with van der Waals surface area (Å²) >= 11 is 0. The number of benzene rings is 1. The second-order valence-corrected chi connectivity index (χ2v) is 15.4. The first-order valence-corrected chi connectivity index (χ1v) is 16.4. The molecule has 0 saturated carbocycles. The summed E-state index contributed by atoms with van der Waals surface area (Å²) in [5, 5.41) is 1.43. The van der Waals surface area contributed by atoms with E-state index < -0.39 is 68.4 Å². The molecule has 0 aromatic heterocycles. The van der Waals surface area contributed by atoms with Crippen LogP contribution in [0.25, 0.3) is 6.08 Å². The van der Waals surface area contributed by atoms with E-state index in [9.17, 15) is 38.5 Å². The molecule has 38 heavy (non-hydrogen) atoms. The summed E-state index contributed by atoms with van der Waals surface area (Å²) in [4.78, 5) is 9.41. The number of amides is 1. The van der Waals surface area contributed by atoms with Gasteiger partial charge in [0.05, 0.1) is 4.90 Å². The molecule has 0 aliphatic rings. The molecule has 1 rings (SSSR count). The Kier molecular flexibility index (Phi) is 16.4. The molecule has 1 aromatic rings. The van der Waals surface area contributed by atoms with Gasteiger partial charge >= 0.3 is 29.6 Å². The number of hydrogen-bond donors (Lipinski definition) is 1. The van der Waals surface area contributed by atoms with Crippen LogP contribution in [0.2, 0.25) is 0 Å². The molecule has 0 fully saturated rings. The fraction of sp³-hybridized carbons (Fsp3) is 0.409. The molecule has 0 bridgehead atoms. The Morgan fingerprint density at radius 3 is 1.89 bits per heavy atom. The SMILES string of the molecule is C=CC(=O)NC(C(C)C)S(=O)(=O)OC(C)(C)S(=O)(=O)C=C.C=Cc1ccc(S(=O)(=O)CC[S-](=O)=O)cc1.[Na+]. The van der Waals surface area contributed by atoms with Crippen molar-refractivity contribution in [2.24, 2.45) is 5.92 Å². The van der Waals surface area contributed by atoms with Crippen LogP contribution in [0.1, 0.15) is 33.3 Å². The van der Waals surface area contributed by atoms with Crippen LogP contribution in [0, 0.1) is 5.92 Å². The average molecular weight is 622 g/mol. The molecular weight excluding hydrogens is 589 g/mol. The first-order chi connectivity index (χ1) is 16.8. The summed E-state index contributed by atoms with van der Waals surface area (Å²) in [5.41, 5.74) is 0.811. The monoisotopic (exact) mass is 621 g/mol. The van der Waals surface area contributed by atoms with Gasteiger partial charge in [-0.1, -0.05) is 68.3 Å². The third-order valence-corrected chi connectivity index (χ3v) is 11.1. The molecule has 210 valence electrons. The maximum absolute atomic E-state index is 12.2. The molecular formula is C22H32NNaO10S4. The van der Waals surface area contributed by atoms with Crippen molar-refractivity contribution in [2.75, 3.05) is 11.5 Å². The predicted octanol–water partition coefficient (Wildman–Crippen LogP) is -0.672. The van der Waals surface area contributed by atoms with Crippen molar-refractivity contribution in [1.82, 2.24) is 5.32 Å². The van der Waals surface area contributed by atoms with Gasteiger partial charge in [-0.2, -0.15) is 8.42 Å². The summed E-state index contributed by atoms with van der Waals surface area (Å²) in [7, 11) is -14.2. The van der Waals surface area contributed by atoms with E-state index in [4.69, 9.17) is 4.18 Å². The summed E-state index contributed by atoms with van der Waals surface area (Å²) in [5.74, 6) is -2.02. The Balaban J connectivity index is 0. The van der Waals surface area contributed by atoms with Crippen LogP contribution in [0.4, 0.5) is 0 Å². The Bertz CT molecular complexity index is 1370. The molecule has 0 saturated heterocycles. The average Bonchev–Trinajstić information content (AvgIpc) is 2.80. The van der Waals surface area contributed by atoms with Gasteiger partial charge in [0, 0.05) is 11.2 Å². The quantitative estimate of drug-likeness (QED) is 0.129. The molecule has 0 aliphatic carbocycles. The van der Waals surface area contributed by atoms with E-state index in [2.05, 4.69) is 25.1 Å². The molecule has 0 heterocycles. The van der Waals surface area contributed by atoms with E-state index in [1.54, 1.807) is 32.1 Å². The van der Waals surface area contributed by atoms with Crippen LogP contribution in [-0.2, 0) is 57.9 Å². The maximum Gasteiger partial charge on any atom is 1.00 e. The third-order valence-electron chi connectivity index (χ3n) is 4.60. The van der Waals surface area contributed by atoms with Gasteiger partial charge in [-0.25, -0.2) is 21.0 Å². The smallest absolute Gasteiger partial charge is 0.424 e. The molecule has 1 amide bonds. The van der Waals surface area contributed by atoms with Crippen LogP contribution >= 0.6 is 0 Å². The molecule has 1 aromatic carbocycles. The zero-order chi connectivity index (χ0) is 29.2. The Hall–Kier alpha value is -1.33. The fourth-order valence-corrected chi connectivity index (χ4v) is 7.32. The van der Waals surface area contributed by atoms with Crippen LogP contribution < -0.4 is 34.9 Å². The van der Waals surface area contributed by atoms with Crippen LogP contribution in [0.3, 0.4) is 0 Å². The third kappa shape index (κ3) is 12.2. The zero-order valence-corrected chi connectivity index (χ0v) is 27.2. The van der Waals surface area contributed by atoms with Gasteiger partial charge in [0.15, 0.2) is 20.1 Å². The molecule has 16 heteroatoms. The summed E-state index contributed by atoms with van der Waals surface area (Å²) in [6, 6.07) is 6.13. The predicted molar refractivity (Wildman–Crippen MR) is 142 cm³/mol. The van der Waals surface area contributed by atoms with Crippen molar-refractivity contribution in [3.05, 3.63) is 61.0 Å². The van der Waals surface area contributed by atoms with Crippen LogP contribution in [0.15, 0.2) is 60.4 Å². The van der Waals surface area contributed by atoms with E-state index in [-0.39, 0.29) is 40.2 Å². The van der Waals surface area contributed by atoms with E-state index in [0.717, 1.165) is 25.5 Å². The number of nitrogens with one attached hydrogen (secondary N) is 1. The van der Waals surface area contributed by atoms with Gasteiger partial charge < -0.3 is 13.7 Å². The minimum Gasteiger partial charge on any atom is -0.424 e. The maximum atomic E-state index is 12.2. The van der Waals surface area contributed by atoms with Crippen molar-refractivity contribution >= 4 is 52.5 Å². The van der Waals surface area contributed by atoms with E-state index >= 15 is 0 Å². The normalized spacial score (nSPS) is 12.9. The number of carbonyl (C=O) groups is 1. The van der Waals surface area contributed by atoms with E-state index in [0.29, 0.717) is 5.41 Å². The van der Waals surface area contributed by atoms with Crippen molar-refractivity contribution in [1.29, 1.82) is 0 Å². The molecule has 0 aliphatic heterocycles. The first kappa shape index (κ1) is 38.8. The first-order valence-electron chi connectivity index (χ1n) is 10.5. The zero-order valence-electron chi connectivity index (χ0n) is 21.9. The topological polar surface area (TPSA) is 175 Å². The van der Waals surface area contributed by atoms with Gasteiger partial charge in [0.2, 0.25) is 15.7 Å². The molecule has 0 spiro atoms. The Morgan fingerprint density at radius 2 is 1.53 bits per heavy atom. The van der Waals surface area contributed by atoms with Crippen molar-refractivity contribution in [3.63, 3.8) is 0 Å². The molecule has 0 radical (unpaired) electrons. The summed E-state index contributed by atoms with van der Waals surface area (Å²) < 4.78 is 96.7. The van der Waals surface area contributed by atoms with Gasteiger partial charge in [0.25, 0.3) is 10.1 Å². The number of hydrogen-bond acceptors (Lipinski definition) is 11. The Morgan fingerprint density at radius 1 is 1.03 bits per heavy atom. The van der Waals surface area contributed by atoms with Crippen LogP contribution in [-0.4, -0.2) is 53.0 Å². The van der Waals surface area contributed by atoms with Crippen molar-refractivity contribution in [3.8, 4) is 0 Å². The largest absolute Gasteiger partial charge is 1.00 e. The minimum atomic E-state index is -4.38. The molecule has 1 atom stereocenters. The minimum absolute atomic E-state index is 0. The second kappa shape index (κ2) is 16.1. The number of carbonyl (C=O) groups excluding carboxylic acids is 1. The second-order valence-electron chi connectivity index (χ2n) is 8.16. The van der Waals surface area contributed by atoms with Gasteiger partial charge in [-0.15, -0.1) is 0 Å². The molecule has 1 N–H and O–H groups in total. The van der Waals surface area contributed by atoms with Crippen LogP contribution in [0.5, 0.6) is 0 Å². The standard InChI is InChI=1S/C12H21NO6S2.C10H11O4S2.Na/c1-7-10(14)13-11(9(3)4)21(17,18)19-12(5,6)20(15,16)8-2;1-2-9-3-5-10(6-4-9)16(13,14)8-7-15(11)12;/h7-9,11H,1-2H2,3-6H3,(H,13,14);2-6H,1,7-8H2;/q;-1;+1. The summed E-state index contributed by atoms with van der Waals surface area (Å²) in [6.07, 6.45) is 2.51. The number of sulfone groups is 2. The van der Waals surface area contributed by atoms with Gasteiger partial charge in [-0.05, 0) is 43.5 Å². The molecule has 11 nitrogen and oxygen atoms in total. The van der Waals surface area contributed by atoms with E-state index in [1.807, 2.05) is 0 Å². The summed E-state index contributed by atoms with van der Waals surface area (Å²) in [6.45, 7) is 15.2. The van der Waals surface area contributed by atoms with Crippen molar-refractivity contribution < 1.29 is 72.2 Å². The van der Waals surface area contributed by atoms with Gasteiger partial charge in [0.1, 0.15) is 0 Å². The van der Waals surface area contributed by atoms with Crippen molar-refractivity contribution in [2.45, 2.75) is 42.9 Å². The number of rotatable bonds is 13. The molecule has 1 unspecified atom stereocenters. The van der Waals surface area contributed by atoms with Gasteiger partial charge in [-0.3, -0.25) is 4.79 Å². The fourth-order valence-electron chi connectivity index (χ4n) is 2.46.